The number of benzene rings is 1. The molecular formula is C12H17NO2. The fourth-order valence-electron chi connectivity index (χ4n) is 1.24. The average Bonchev–Trinajstić information content (AvgIpc) is 2.27. The second-order valence-corrected chi connectivity index (χ2v) is 3.37. The summed E-state index contributed by atoms with van der Waals surface area (Å²) in [7, 11) is 0. The highest BCUT2D eigenvalue weighted by atomic mass is 16.5. The highest BCUT2D eigenvalue weighted by Crippen LogP contribution is 2.01. The van der Waals surface area contributed by atoms with Crippen LogP contribution in [0.25, 0.3) is 0 Å². The molecule has 0 aliphatic carbocycles. The smallest absolute Gasteiger partial charge is 0.323 e. The van der Waals surface area contributed by atoms with Crippen LogP contribution in [0.2, 0.25) is 0 Å². The number of likely N-dealkylation sites (N-methyl/N-ethyl adjacent to an activating group) is 1. The van der Waals surface area contributed by atoms with Crippen molar-refractivity contribution in [1.29, 1.82) is 0 Å². The number of rotatable bonds is 5. The minimum absolute atomic E-state index is 0.208. The van der Waals surface area contributed by atoms with E-state index in [0.29, 0.717) is 6.61 Å². The van der Waals surface area contributed by atoms with Crippen LogP contribution in [0.15, 0.2) is 30.3 Å². The Morgan fingerprint density at radius 1 is 1.40 bits per heavy atom. The van der Waals surface area contributed by atoms with Gasteiger partial charge in [-0.15, -0.1) is 0 Å². The van der Waals surface area contributed by atoms with Crippen LogP contribution in [0.1, 0.15) is 19.4 Å². The molecule has 0 fully saturated rings. The summed E-state index contributed by atoms with van der Waals surface area (Å²) in [5.74, 6) is -0.208. The quantitative estimate of drug-likeness (QED) is 0.747. The predicted molar refractivity (Wildman–Crippen MR) is 59.4 cm³/mol. The van der Waals surface area contributed by atoms with E-state index in [1.165, 1.54) is 0 Å². The molecule has 0 saturated carbocycles. The number of hydrogen-bond donors (Lipinski definition) is 1. The minimum Gasteiger partial charge on any atom is -0.460 e. The average molecular weight is 207 g/mol. The molecule has 15 heavy (non-hydrogen) atoms. The molecule has 0 heterocycles. The van der Waals surface area contributed by atoms with E-state index in [0.717, 1.165) is 12.1 Å². The van der Waals surface area contributed by atoms with Crippen molar-refractivity contribution in [2.24, 2.45) is 0 Å². The van der Waals surface area contributed by atoms with Gasteiger partial charge >= 0.3 is 5.97 Å². The summed E-state index contributed by atoms with van der Waals surface area (Å²) in [6.07, 6.45) is 0. The normalized spacial score (nSPS) is 12.1. The Hall–Kier alpha value is -1.35. The summed E-state index contributed by atoms with van der Waals surface area (Å²) in [6.45, 7) is 4.87. The summed E-state index contributed by atoms with van der Waals surface area (Å²) in [5.41, 5.74) is 1.01. The lowest BCUT2D eigenvalue weighted by atomic mass is 10.2. The number of esters is 1. The van der Waals surface area contributed by atoms with Crippen LogP contribution in [0.5, 0.6) is 0 Å². The molecule has 0 aromatic heterocycles. The lowest BCUT2D eigenvalue weighted by molar-refractivity contribution is -0.147. The third kappa shape index (κ3) is 4.13. The third-order valence-electron chi connectivity index (χ3n) is 2.09. The maximum Gasteiger partial charge on any atom is 0.323 e. The van der Waals surface area contributed by atoms with Gasteiger partial charge in [0.25, 0.3) is 0 Å². The summed E-state index contributed by atoms with van der Waals surface area (Å²) >= 11 is 0. The van der Waals surface area contributed by atoms with Crippen LogP contribution in [-0.4, -0.2) is 18.6 Å². The van der Waals surface area contributed by atoms with E-state index >= 15 is 0 Å². The molecule has 3 nitrogen and oxygen atoms in total. The van der Waals surface area contributed by atoms with Crippen molar-refractivity contribution in [3.05, 3.63) is 35.9 Å². The zero-order valence-corrected chi connectivity index (χ0v) is 9.19. The van der Waals surface area contributed by atoms with Gasteiger partial charge in [-0.1, -0.05) is 37.3 Å². The Kier molecular flexibility index (Phi) is 4.84. The fraction of sp³-hybridized carbons (Fsp3) is 0.417. The second kappa shape index (κ2) is 6.19. The zero-order chi connectivity index (χ0) is 11.1. The van der Waals surface area contributed by atoms with E-state index in [-0.39, 0.29) is 12.0 Å². The molecule has 1 aromatic rings. The lowest BCUT2D eigenvalue weighted by Gasteiger charge is -2.11. The van der Waals surface area contributed by atoms with Gasteiger partial charge in [0.05, 0.1) is 0 Å². The van der Waals surface area contributed by atoms with E-state index in [1.54, 1.807) is 6.92 Å². The fourth-order valence-corrected chi connectivity index (χ4v) is 1.24. The van der Waals surface area contributed by atoms with Gasteiger partial charge in [0, 0.05) is 0 Å². The number of carbonyl (C=O) groups is 1. The number of hydrogen-bond acceptors (Lipinski definition) is 3. The standard InChI is InChI=1S/C12H17NO2/c1-3-13-10(2)12(14)15-9-11-7-5-4-6-8-11/h4-8,10,13H,3,9H2,1-2H3/t10-/m1/s1. The molecule has 0 bridgehead atoms. The molecule has 1 rings (SSSR count). The third-order valence-corrected chi connectivity index (χ3v) is 2.09. The molecule has 1 aromatic carbocycles. The molecule has 1 N–H and O–H groups in total. The summed E-state index contributed by atoms with van der Waals surface area (Å²) in [5, 5.41) is 3.01. The van der Waals surface area contributed by atoms with Crippen molar-refractivity contribution in [3.63, 3.8) is 0 Å². The van der Waals surface area contributed by atoms with Gasteiger partial charge < -0.3 is 10.1 Å². The van der Waals surface area contributed by atoms with Gasteiger partial charge in [-0.25, -0.2) is 0 Å². The van der Waals surface area contributed by atoms with E-state index in [9.17, 15) is 4.79 Å². The van der Waals surface area contributed by atoms with Gasteiger partial charge in [-0.05, 0) is 19.0 Å². The second-order valence-electron chi connectivity index (χ2n) is 3.37. The van der Waals surface area contributed by atoms with Crippen LogP contribution < -0.4 is 5.32 Å². The number of nitrogens with one attached hydrogen (secondary N) is 1. The van der Waals surface area contributed by atoms with Gasteiger partial charge in [0.15, 0.2) is 0 Å². The first-order valence-electron chi connectivity index (χ1n) is 5.18. The molecule has 0 aliphatic heterocycles. The monoisotopic (exact) mass is 207 g/mol. The molecule has 0 aliphatic rings. The number of carbonyl (C=O) groups excluding carboxylic acids is 1. The van der Waals surface area contributed by atoms with Crippen molar-refractivity contribution in [2.75, 3.05) is 6.54 Å². The van der Waals surface area contributed by atoms with Gasteiger partial charge in [-0.3, -0.25) is 4.79 Å². The molecule has 0 spiro atoms. The molecule has 0 radical (unpaired) electrons. The first kappa shape index (κ1) is 11.7. The van der Waals surface area contributed by atoms with Crippen molar-refractivity contribution in [1.82, 2.24) is 5.32 Å². The van der Waals surface area contributed by atoms with E-state index < -0.39 is 0 Å². The van der Waals surface area contributed by atoms with Crippen molar-refractivity contribution < 1.29 is 9.53 Å². The highest BCUT2D eigenvalue weighted by molar-refractivity contribution is 5.75. The van der Waals surface area contributed by atoms with Gasteiger partial charge in [0.1, 0.15) is 12.6 Å². The van der Waals surface area contributed by atoms with Crippen molar-refractivity contribution in [2.45, 2.75) is 26.5 Å². The zero-order valence-electron chi connectivity index (χ0n) is 9.19. The van der Waals surface area contributed by atoms with E-state index in [2.05, 4.69) is 5.32 Å². The Morgan fingerprint density at radius 2 is 2.07 bits per heavy atom. The predicted octanol–water partition coefficient (Wildman–Crippen LogP) is 1.73. The van der Waals surface area contributed by atoms with Crippen molar-refractivity contribution >= 4 is 5.97 Å². The number of ether oxygens (including phenoxy) is 1. The minimum atomic E-state index is -0.237. The van der Waals surface area contributed by atoms with Crippen LogP contribution >= 0.6 is 0 Å². The van der Waals surface area contributed by atoms with Crippen molar-refractivity contribution in [3.8, 4) is 0 Å². The molecule has 82 valence electrons. The molecule has 0 saturated heterocycles. The first-order valence-corrected chi connectivity index (χ1v) is 5.18. The Balaban J connectivity index is 2.34. The Labute approximate surface area is 90.4 Å². The van der Waals surface area contributed by atoms with Crippen LogP contribution in [0.4, 0.5) is 0 Å². The maximum atomic E-state index is 11.4. The molecule has 0 unspecified atom stereocenters. The van der Waals surface area contributed by atoms with Gasteiger partial charge in [-0.2, -0.15) is 0 Å². The summed E-state index contributed by atoms with van der Waals surface area (Å²) < 4.78 is 5.14. The molecule has 3 heteroatoms. The lowest BCUT2D eigenvalue weighted by Crippen LogP contribution is -2.34. The van der Waals surface area contributed by atoms with Gasteiger partial charge in [0.2, 0.25) is 0 Å². The Bertz CT molecular complexity index is 298. The molecular weight excluding hydrogens is 190 g/mol. The topological polar surface area (TPSA) is 38.3 Å². The SMILES string of the molecule is CCN[C@H](C)C(=O)OCc1ccccc1. The molecule has 0 amide bonds. The Morgan fingerprint density at radius 3 is 2.67 bits per heavy atom. The van der Waals surface area contributed by atoms with Crippen LogP contribution in [-0.2, 0) is 16.1 Å². The summed E-state index contributed by atoms with van der Waals surface area (Å²) in [6, 6.07) is 9.43. The largest absolute Gasteiger partial charge is 0.460 e. The first-order chi connectivity index (χ1) is 7.24. The molecule has 1 atom stereocenters. The summed E-state index contributed by atoms with van der Waals surface area (Å²) in [4.78, 5) is 11.4. The van der Waals surface area contributed by atoms with E-state index in [4.69, 9.17) is 4.74 Å². The van der Waals surface area contributed by atoms with Crippen LogP contribution in [0.3, 0.4) is 0 Å². The van der Waals surface area contributed by atoms with Crippen LogP contribution in [0, 0.1) is 0 Å². The highest BCUT2D eigenvalue weighted by Gasteiger charge is 2.12. The maximum absolute atomic E-state index is 11.4. The van der Waals surface area contributed by atoms with E-state index in [1.807, 2.05) is 37.3 Å².